The number of rotatable bonds is 8. The quantitative estimate of drug-likeness (QED) is 0.152. The molecule has 5 nitrogen and oxygen atoms in total. The van der Waals surface area contributed by atoms with Crippen LogP contribution in [0.1, 0.15) is 16.7 Å². The van der Waals surface area contributed by atoms with Crippen LogP contribution in [0.2, 0.25) is 0 Å². The van der Waals surface area contributed by atoms with E-state index in [0.717, 1.165) is 61.7 Å². The lowest BCUT2D eigenvalue weighted by Crippen LogP contribution is -1.96. The Hall–Kier alpha value is -10.1. The van der Waals surface area contributed by atoms with Gasteiger partial charge >= 0.3 is 0 Å². The summed E-state index contributed by atoms with van der Waals surface area (Å²) in [5.74, 6) is 0.714. The highest BCUT2D eigenvalue weighted by Gasteiger charge is 2.20. The summed E-state index contributed by atoms with van der Waals surface area (Å²) in [5.41, 5.74) is 23.9. The number of aryl methyl sites for hydroxylation is 3. The highest BCUT2D eigenvalue weighted by molar-refractivity contribution is 6.14. The third kappa shape index (κ3) is 7.46. The zero-order valence-electron chi connectivity index (χ0n) is 43.5. The van der Waals surface area contributed by atoms with E-state index in [1.54, 1.807) is 0 Å². The van der Waals surface area contributed by atoms with E-state index in [-0.39, 0.29) is 0 Å². The molecule has 0 aliphatic heterocycles. The Bertz CT molecular complexity index is 4680. The minimum Gasteiger partial charge on any atom is -0.309 e. The van der Waals surface area contributed by atoms with Crippen molar-refractivity contribution in [2.75, 3.05) is 0 Å². The molecule has 5 heteroatoms. The number of nitrogens with zero attached hydrogens (tertiary/aromatic N) is 5. The fourth-order valence-corrected chi connectivity index (χ4v) is 12.1. The number of para-hydroxylation sites is 2. The second-order valence-electron chi connectivity index (χ2n) is 20.8. The number of hydrogen-bond donors (Lipinski definition) is 0. The van der Waals surface area contributed by atoms with E-state index < -0.39 is 0 Å². The molecule has 0 aliphatic carbocycles. The molecule has 15 rings (SSSR count). The summed E-state index contributed by atoms with van der Waals surface area (Å²) in [6.07, 6.45) is 0. The first-order chi connectivity index (χ1) is 38.4. The molecule has 0 aliphatic rings. The average molecular weight is 998 g/mol. The van der Waals surface area contributed by atoms with Gasteiger partial charge in [0.05, 0.1) is 44.5 Å². The topological polar surface area (TPSA) is 40.6 Å². The van der Waals surface area contributed by atoms with Gasteiger partial charge in [-0.25, -0.2) is 9.97 Å². The number of fused-ring (bicyclic) bond motifs is 9. The summed E-state index contributed by atoms with van der Waals surface area (Å²) in [4.78, 5) is 10.1. The lowest BCUT2D eigenvalue weighted by molar-refractivity contribution is 1.16. The van der Waals surface area contributed by atoms with Gasteiger partial charge in [0.2, 0.25) is 0 Å². The lowest BCUT2D eigenvalue weighted by atomic mass is 9.94. The minimum absolute atomic E-state index is 0.714. The highest BCUT2D eigenvalue weighted by Crippen LogP contribution is 2.41. The first-order valence-electron chi connectivity index (χ1n) is 26.8. The van der Waals surface area contributed by atoms with E-state index in [1.165, 1.54) is 87.8 Å². The minimum atomic E-state index is 0.714. The second kappa shape index (κ2) is 18.0. The van der Waals surface area contributed by atoms with Gasteiger partial charge in [0.25, 0.3) is 0 Å². The smallest absolute Gasteiger partial charge is 0.160 e. The Kier molecular flexibility index (Phi) is 10.5. The molecule has 4 aromatic heterocycles. The van der Waals surface area contributed by atoms with Crippen LogP contribution in [0.5, 0.6) is 0 Å². The van der Waals surface area contributed by atoms with Crippen molar-refractivity contribution in [3.63, 3.8) is 0 Å². The van der Waals surface area contributed by atoms with E-state index >= 15 is 0 Å². The van der Waals surface area contributed by atoms with Gasteiger partial charge in [0.15, 0.2) is 5.82 Å². The molecule has 0 saturated heterocycles. The molecule has 0 fully saturated rings. The molecule has 368 valence electrons. The van der Waals surface area contributed by atoms with Crippen LogP contribution in [0.3, 0.4) is 0 Å². The Morgan fingerprint density at radius 3 is 1.19 bits per heavy atom. The van der Waals surface area contributed by atoms with Crippen molar-refractivity contribution in [1.82, 2.24) is 23.7 Å². The van der Waals surface area contributed by atoms with Gasteiger partial charge in [-0.3, -0.25) is 0 Å². The van der Waals surface area contributed by atoms with E-state index in [4.69, 9.17) is 9.97 Å². The third-order valence-electron chi connectivity index (χ3n) is 15.9. The van der Waals surface area contributed by atoms with Gasteiger partial charge in [-0.1, -0.05) is 175 Å². The van der Waals surface area contributed by atoms with Crippen LogP contribution < -0.4 is 0 Å². The SMILES string of the molecule is Cc1ccc2c(c1)c1cc(C)ccc1n2-c1ccc2c(c1)c1cc(-n3c4ccccc4c4ccccc43)ccc1n2-c1ccc(-c2ccc(-c3ccc(-c4cc(-c5ccccc5)nc(-c5ccccc5)n4)cc3)c(C)c2)cc1. The van der Waals surface area contributed by atoms with Gasteiger partial charge in [0, 0.05) is 66.1 Å². The van der Waals surface area contributed by atoms with Crippen molar-refractivity contribution in [2.45, 2.75) is 20.8 Å². The lowest BCUT2D eigenvalue weighted by Gasteiger charge is -2.13. The molecule has 15 aromatic rings. The fraction of sp³-hybridized carbons (Fsp3) is 0.0411. The van der Waals surface area contributed by atoms with Gasteiger partial charge in [-0.05, 0) is 140 Å². The van der Waals surface area contributed by atoms with Crippen molar-refractivity contribution >= 4 is 65.4 Å². The van der Waals surface area contributed by atoms with E-state index in [1.807, 2.05) is 24.3 Å². The summed E-state index contributed by atoms with van der Waals surface area (Å²) >= 11 is 0. The Labute approximate surface area is 452 Å². The van der Waals surface area contributed by atoms with Crippen molar-refractivity contribution in [3.05, 3.63) is 271 Å². The van der Waals surface area contributed by atoms with Gasteiger partial charge in [-0.2, -0.15) is 0 Å². The highest BCUT2D eigenvalue weighted by atomic mass is 15.0. The second-order valence-corrected chi connectivity index (χ2v) is 20.8. The molecule has 0 spiro atoms. The van der Waals surface area contributed by atoms with Gasteiger partial charge in [-0.15, -0.1) is 0 Å². The first kappa shape index (κ1) is 45.3. The molecule has 0 radical (unpaired) electrons. The molecule has 0 unspecified atom stereocenters. The Morgan fingerprint density at radius 1 is 0.256 bits per heavy atom. The molecule has 0 saturated carbocycles. The normalized spacial score (nSPS) is 11.8. The maximum Gasteiger partial charge on any atom is 0.160 e. The van der Waals surface area contributed by atoms with Crippen LogP contribution in [0.4, 0.5) is 0 Å². The van der Waals surface area contributed by atoms with Crippen LogP contribution in [0.25, 0.3) is 139 Å². The molecular weight excluding hydrogens is 947 g/mol. The fourth-order valence-electron chi connectivity index (χ4n) is 12.1. The van der Waals surface area contributed by atoms with Crippen LogP contribution in [0.15, 0.2) is 255 Å². The molecule has 0 N–H and O–H groups in total. The van der Waals surface area contributed by atoms with Gasteiger partial charge in [0.1, 0.15) is 0 Å². The molecular formula is C73H51N5. The van der Waals surface area contributed by atoms with Crippen molar-refractivity contribution in [1.29, 1.82) is 0 Å². The molecule has 78 heavy (non-hydrogen) atoms. The number of benzene rings is 11. The Balaban J connectivity index is 0.805. The average Bonchev–Trinajstić information content (AvgIpc) is 4.12. The predicted molar refractivity (Wildman–Crippen MR) is 326 cm³/mol. The van der Waals surface area contributed by atoms with E-state index in [2.05, 4.69) is 265 Å². The van der Waals surface area contributed by atoms with E-state index in [9.17, 15) is 0 Å². The number of aromatic nitrogens is 5. The molecule has 4 heterocycles. The summed E-state index contributed by atoms with van der Waals surface area (Å²) in [6, 6.07) is 92.6. The first-order valence-corrected chi connectivity index (χ1v) is 26.8. The standard InChI is InChI=1S/C73H51N5/c1-46-22-36-69-61(40-46)62-41-47(2)23-37-70(62)78(69)57-34-39-72-64(44-57)63-43-56(77-67-20-12-10-18-59(67)60-19-11-13-21-68(60)77)33-38-71(63)76(72)55-31-28-49(29-32-55)54-30-35-58(48(3)42-54)50-24-26-52(27-25-50)66-45-65(51-14-6-4-7-15-51)74-73(75-66)53-16-8-5-9-17-53/h4-45H,1-3H3. The summed E-state index contributed by atoms with van der Waals surface area (Å²) in [7, 11) is 0. The summed E-state index contributed by atoms with van der Waals surface area (Å²) in [5, 5.41) is 7.47. The van der Waals surface area contributed by atoms with Crippen molar-refractivity contribution < 1.29 is 0 Å². The maximum absolute atomic E-state index is 5.07. The van der Waals surface area contributed by atoms with Crippen LogP contribution in [-0.4, -0.2) is 23.7 Å². The maximum atomic E-state index is 5.07. The summed E-state index contributed by atoms with van der Waals surface area (Å²) < 4.78 is 7.31. The largest absolute Gasteiger partial charge is 0.309 e. The van der Waals surface area contributed by atoms with Crippen molar-refractivity contribution in [3.8, 4) is 73.2 Å². The van der Waals surface area contributed by atoms with Crippen molar-refractivity contribution in [2.24, 2.45) is 0 Å². The van der Waals surface area contributed by atoms with E-state index in [0.29, 0.717) is 5.82 Å². The molecule has 11 aromatic carbocycles. The summed E-state index contributed by atoms with van der Waals surface area (Å²) in [6.45, 7) is 6.58. The van der Waals surface area contributed by atoms with Crippen LogP contribution in [0, 0.1) is 20.8 Å². The van der Waals surface area contributed by atoms with Gasteiger partial charge < -0.3 is 13.7 Å². The molecule has 0 atom stereocenters. The number of hydrogen-bond acceptors (Lipinski definition) is 2. The molecule has 0 bridgehead atoms. The third-order valence-corrected chi connectivity index (χ3v) is 15.9. The zero-order valence-corrected chi connectivity index (χ0v) is 43.5. The van der Waals surface area contributed by atoms with Crippen LogP contribution in [-0.2, 0) is 0 Å². The monoisotopic (exact) mass is 997 g/mol. The molecule has 0 amide bonds. The van der Waals surface area contributed by atoms with Crippen LogP contribution >= 0.6 is 0 Å². The Morgan fingerprint density at radius 2 is 0.654 bits per heavy atom. The predicted octanol–water partition coefficient (Wildman–Crippen LogP) is 19.0. The zero-order chi connectivity index (χ0) is 52.0.